The number of rotatable bonds is 26. The number of anilines is 1. The molecule has 3 heterocycles. The van der Waals surface area contributed by atoms with Crippen LogP contribution in [0.4, 0.5) is 5.69 Å². The van der Waals surface area contributed by atoms with Crippen molar-refractivity contribution in [3.8, 4) is 5.75 Å². The Morgan fingerprint density at radius 3 is 2.09 bits per heavy atom. The van der Waals surface area contributed by atoms with Gasteiger partial charge in [0.15, 0.2) is 5.96 Å². The predicted molar refractivity (Wildman–Crippen MR) is 276 cm³/mol. The molecule has 5 rings (SSSR count). The van der Waals surface area contributed by atoms with Crippen molar-refractivity contribution in [1.82, 2.24) is 61.6 Å². The number of hydrogen-bond acceptors (Lipinski definition) is 13. The van der Waals surface area contributed by atoms with Gasteiger partial charge in [-0.15, -0.1) is 0 Å². The molecule has 0 bridgehead atoms. The molecule has 0 saturated carbocycles. The van der Waals surface area contributed by atoms with Crippen LogP contribution in [0.3, 0.4) is 0 Å². The number of imidazole rings is 1. The molecular weight excluding hydrogens is 955 g/mol. The molecule has 6 atom stereocenters. The van der Waals surface area contributed by atoms with Crippen LogP contribution in [0.2, 0.25) is 0 Å². The van der Waals surface area contributed by atoms with Gasteiger partial charge in [0, 0.05) is 71.4 Å². The minimum atomic E-state index is -1.28. The van der Waals surface area contributed by atoms with Crippen molar-refractivity contribution in [2.45, 2.75) is 116 Å². The predicted octanol–water partition coefficient (Wildman–Crippen LogP) is -0.351. The van der Waals surface area contributed by atoms with Crippen LogP contribution in [-0.4, -0.2) is 147 Å². The van der Waals surface area contributed by atoms with E-state index in [1.165, 1.54) is 38.8 Å². The molecule has 74 heavy (non-hydrogen) atoms. The first-order valence-corrected chi connectivity index (χ1v) is 25.0. The molecule has 7 amide bonds. The number of guanidine groups is 1. The number of benzene rings is 2. The van der Waals surface area contributed by atoms with Crippen molar-refractivity contribution in [1.29, 1.82) is 5.41 Å². The first-order chi connectivity index (χ1) is 35.4. The number of aromatic amines is 1. The summed E-state index contributed by atoms with van der Waals surface area (Å²) in [5.74, 6) is -4.03. The number of hydrogen-bond donors (Lipinski definition) is 11. The fourth-order valence-corrected chi connectivity index (χ4v) is 8.52. The van der Waals surface area contributed by atoms with Gasteiger partial charge in [-0.2, -0.15) is 0 Å². The molecule has 2 aromatic carbocycles. The second-order valence-corrected chi connectivity index (χ2v) is 18.4. The van der Waals surface area contributed by atoms with E-state index >= 15 is 0 Å². The van der Waals surface area contributed by atoms with Crippen LogP contribution in [0.25, 0.3) is 10.9 Å². The van der Waals surface area contributed by atoms with E-state index in [4.69, 9.17) is 11.1 Å². The van der Waals surface area contributed by atoms with Crippen LogP contribution in [0.15, 0.2) is 66.1 Å². The molecule has 12 N–H and O–H groups in total. The number of unbranched alkanes of at least 4 members (excludes halogenated alkanes) is 1. The van der Waals surface area contributed by atoms with Crippen LogP contribution < -0.4 is 53.4 Å². The monoisotopic (exact) mass is 1030 g/mol. The molecule has 2 aromatic heterocycles. The number of fused-ring (bicyclic) bond motifs is 1. The van der Waals surface area contributed by atoms with Gasteiger partial charge in [0.1, 0.15) is 42.5 Å². The number of H-pyrrole nitrogens is 1. The average Bonchev–Trinajstić information content (AvgIpc) is 3.91. The van der Waals surface area contributed by atoms with Crippen LogP contribution in [0.1, 0.15) is 77.5 Å². The second kappa shape index (κ2) is 27.7. The summed E-state index contributed by atoms with van der Waals surface area (Å²) >= 11 is 0. The lowest BCUT2D eigenvalue weighted by Crippen LogP contribution is -2.58. The van der Waals surface area contributed by atoms with E-state index in [0.717, 1.165) is 11.0 Å². The fourth-order valence-electron chi connectivity index (χ4n) is 8.52. The van der Waals surface area contributed by atoms with Crippen molar-refractivity contribution < 1.29 is 38.7 Å². The fraction of sp³-hybridized carbons (Fsp3) is 0.500. The number of carbonyl (C=O) groups excluding carboxylic acids is 7. The number of phenols is 1. The van der Waals surface area contributed by atoms with Crippen molar-refractivity contribution in [2.75, 3.05) is 44.7 Å². The van der Waals surface area contributed by atoms with Crippen molar-refractivity contribution >= 4 is 63.9 Å². The summed E-state index contributed by atoms with van der Waals surface area (Å²) in [6, 6.07) is 6.20. The van der Waals surface area contributed by atoms with E-state index in [1.807, 2.05) is 31.7 Å². The summed E-state index contributed by atoms with van der Waals surface area (Å²) in [4.78, 5) is 123. The number of piperazine rings is 1. The molecular formula is C50H71N15O9. The smallest absolute Gasteiger partial charge is 0.261 e. The maximum Gasteiger partial charge on any atom is 0.261 e. The lowest BCUT2D eigenvalue weighted by molar-refractivity contribution is -0.138. The maximum absolute atomic E-state index is 14.1. The number of nitrogens with zero attached hydrogens (tertiary/aromatic N) is 5. The molecule has 1 aliphatic rings. The number of aromatic nitrogens is 4. The number of phenolic OH excluding ortho intramolecular Hbond substituents is 1. The van der Waals surface area contributed by atoms with Gasteiger partial charge in [-0.05, 0) is 61.1 Å². The largest absolute Gasteiger partial charge is 0.508 e. The number of carbonyl (C=O) groups is 7. The second-order valence-electron chi connectivity index (χ2n) is 18.4. The Balaban J connectivity index is 1.28. The molecule has 0 spiro atoms. The van der Waals surface area contributed by atoms with Gasteiger partial charge in [-0.3, -0.25) is 48.3 Å². The molecule has 24 nitrogen and oxygen atoms in total. The number of likely N-dealkylation sites (N-methyl/N-ethyl adjacent to an activating group) is 1. The van der Waals surface area contributed by atoms with E-state index in [1.54, 1.807) is 35.4 Å². The first-order valence-electron chi connectivity index (χ1n) is 25.0. The van der Waals surface area contributed by atoms with Crippen LogP contribution in [0.5, 0.6) is 5.75 Å². The van der Waals surface area contributed by atoms with E-state index in [2.05, 4.69) is 52.2 Å². The molecule has 1 aliphatic heterocycles. The number of nitrogens with two attached hydrogens (primary N) is 1. The maximum atomic E-state index is 14.1. The Kier molecular flexibility index (Phi) is 21.3. The molecule has 400 valence electrons. The van der Waals surface area contributed by atoms with Crippen LogP contribution >= 0.6 is 0 Å². The third-order valence-corrected chi connectivity index (χ3v) is 12.9. The number of amides is 7. The minimum Gasteiger partial charge on any atom is -0.508 e. The van der Waals surface area contributed by atoms with Gasteiger partial charge in [0.2, 0.25) is 41.4 Å². The highest BCUT2D eigenvalue weighted by Gasteiger charge is 2.34. The van der Waals surface area contributed by atoms with Gasteiger partial charge in [0.25, 0.3) is 5.56 Å². The standard InChI is InChI=1S/C50H71N15O9/c1-6-8-10-39(60-47(72)43(30(3)7-2)58-31(4)66)49(74)64-21-19-63(20-22-64)34-14-17-37-36(25-34)48(73)65(29-57-37)27-42(68)59-38(11-9-18-55-50(51)52)45(70)62-41(24-33-26-54-28-56-33)46(71)61-40(44(69)53-5)23-32-12-15-35(67)16-13-32/h12-17,25-26,28-30,38-41,43,67H,6-11,18-24,27H2,1-5H3,(H,53,69)(H,54,56)(H,58,66)(H,59,68)(H,60,72)(H,61,71)(H,62,70)(H4,51,52,55)/t30-,38-,39-,40-,41-,43-/m0/s1. The summed E-state index contributed by atoms with van der Waals surface area (Å²) in [5, 5.41) is 36.5. The molecule has 0 unspecified atom stereocenters. The average molecular weight is 1030 g/mol. The van der Waals surface area contributed by atoms with Gasteiger partial charge in [-0.25, -0.2) is 9.97 Å². The number of aromatic hydroxyl groups is 1. The summed E-state index contributed by atoms with van der Waals surface area (Å²) in [5.41, 5.74) is 7.08. The summed E-state index contributed by atoms with van der Waals surface area (Å²) in [7, 11) is 1.42. The van der Waals surface area contributed by atoms with Gasteiger partial charge in [0.05, 0.1) is 29.3 Å². The number of nitrogens with one attached hydrogen (secondary N) is 9. The summed E-state index contributed by atoms with van der Waals surface area (Å²) < 4.78 is 1.12. The van der Waals surface area contributed by atoms with Gasteiger partial charge < -0.3 is 62.8 Å². The van der Waals surface area contributed by atoms with E-state index in [-0.39, 0.29) is 67.1 Å². The SMILES string of the molecule is CCCC[C@H](NC(=O)[C@@H](NC(C)=O)[C@@H](C)CC)C(=O)N1CCN(c2ccc3ncn(CC(=O)N[C@@H](CCCNC(=N)N)C(=O)N[C@@H](Cc4c[nH]cn4)C(=O)N[C@@H](Cc4ccc(O)cc4)C(=O)NC)c(=O)c3c2)CC1. The molecule has 1 fully saturated rings. The zero-order chi connectivity index (χ0) is 53.9. The van der Waals surface area contributed by atoms with E-state index in [0.29, 0.717) is 67.9 Å². The molecule has 1 saturated heterocycles. The Hall–Kier alpha value is -8.05. The zero-order valence-electron chi connectivity index (χ0n) is 42.7. The summed E-state index contributed by atoms with van der Waals surface area (Å²) in [6.45, 7) is 8.36. The highest BCUT2D eigenvalue weighted by Crippen LogP contribution is 2.22. The lowest BCUT2D eigenvalue weighted by atomic mass is 9.97. The van der Waals surface area contributed by atoms with Crippen molar-refractivity contribution in [2.24, 2.45) is 11.7 Å². The topological polar surface area (TPSA) is 344 Å². The third-order valence-electron chi connectivity index (χ3n) is 12.9. The van der Waals surface area contributed by atoms with Crippen molar-refractivity contribution in [3.05, 3.63) is 82.9 Å². The lowest BCUT2D eigenvalue weighted by Gasteiger charge is -2.38. The minimum absolute atomic E-state index is 0.0226. The molecule has 4 aromatic rings. The molecule has 0 aliphatic carbocycles. The third kappa shape index (κ3) is 16.5. The van der Waals surface area contributed by atoms with Gasteiger partial charge in [-0.1, -0.05) is 52.2 Å². The Bertz CT molecular complexity index is 2640. The molecule has 0 radical (unpaired) electrons. The highest BCUT2D eigenvalue weighted by atomic mass is 16.3. The zero-order valence-corrected chi connectivity index (χ0v) is 42.7. The van der Waals surface area contributed by atoms with Crippen molar-refractivity contribution in [3.63, 3.8) is 0 Å². The van der Waals surface area contributed by atoms with E-state index in [9.17, 15) is 43.5 Å². The Morgan fingerprint density at radius 1 is 0.811 bits per heavy atom. The Labute approximate surface area is 429 Å². The Morgan fingerprint density at radius 2 is 1.47 bits per heavy atom. The first kappa shape index (κ1) is 56.9. The summed E-state index contributed by atoms with van der Waals surface area (Å²) in [6.07, 6.45) is 7.06. The molecule has 24 heteroatoms. The quantitative estimate of drug-likeness (QED) is 0.0218. The van der Waals surface area contributed by atoms with Crippen LogP contribution in [0, 0.1) is 11.3 Å². The van der Waals surface area contributed by atoms with Crippen LogP contribution in [-0.2, 0) is 52.9 Å². The highest BCUT2D eigenvalue weighted by molar-refractivity contribution is 5.95. The van der Waals surface area contributed by atoms with E-state index < -0.39 is 71.8 Å². The van der Waals surface area contributed by atoms with Gasteiger partial charge >= 0.3 is 0 Å². The normalized spacial score (nSPS) is 14.8.